The Morgan fingerprint density at radius 1 is 1.42 bits per heavy atom. The Balaban J connectivity index is 2.00. The molecule has 2 heterocycles. The molecule has 3 rings (SSSR count). The molecule has 0 amide bonds. The lowest BCUT2D eigenvalue weighted by atomic mass is 10.1. The van der Waals surface area contributed by atoms with Crippen LogP contribution in [0.5, 0.6) is 0 Å². The fourth-order valence-electron chi connectivity index (χ4n) is 2.62. The van der Waals surface area contributed by atoms with E-state index in [-0.39, 0.29) is 0 Å². The monoisotopic (exact) mass is 298 g/mol. The smallest absolute Gasteiger partial charge is 0.111 e. The van der Waals surface area contributed by atoms with Crippen molar-refractivity contribution in [3.63, 3.8) is 0 Å². The van der Waals surface area contributed by atoms with Crippen molar-refractivity contribution in [3.8, 4) is 0 Å². The van der Waals surface area contributed by atoms with E-state index in [1.54, 1.807) is 0 Å². The molecular weight excluding hydrogens is 283 g/mol. The molecule has 1 atom stereocenters. The molecule has 0 N–H and O–H groups in total. The van der Waals surface area contributed by atoms with Crippen molar-refractivity contribution in [2.75, 3.05) is 19.1 Å². The van der Waals surface area contributed by atoms with Crippen LogP contribution in [0, 0.1) is 5.92 Å². The second-order valence-corrected chi connectivity index (χ2v) is 5.75. The maximum atomic E-state index is 6.03. The molecule has 1 aliphatic rings. The van der Waals surface area contributed by atoms with Gasteiger partial charge in [0.15, 0.2) is 0 Å². The van der Waals surface area contributed by atoms with Gasteiger partial charge in [0.25, 0.3) is 0 Å². The number of aryl methyl sites for hydroxylation is 1. The predicted octanol–water partition coefficient (Wildman–Crippen LogP) is 3.51. The average molecular weight is 299 g/mol. The Hall–Kier alpha value is -0.770. The van der Waals surface area contributed by atoms with Gasteiger partial charge in [0, 0.05) is 36.4 Å². The first-order chi connectivity index (χ1) is 9.28. The third kappa shape index (κ3) is 2.73. The van der Waals surface area contributed by atoms with Gasteiger partial charge < -0.3 is 9.30 Å². The van der Waals surface area contributed by atoms with E-state index >= 15 is 0 Å². The summed E-state index contributed by atoms with van der Waals surface area (Å²) in [7, 11) is 0. The molecule has 0 radical (unpaired) electrons. The van der Waals surface area contributed by atoms with Crippen molar-refractivity contribution in [2.45, 2.75) is 19.4 Å². The maximum Gasteiger partial charge on any atom is 0.111 e. The molecule has 3 nitrogen and oxygen atoms in total. The number of benzene rings is 1. The van der Waals surface area contributed by atoms with Crippen molar-refractivity contribution in [1.82, 2.24) is 9.55 Å². The molecule has 1 unspecified atom stereocenters. The largest absolute Gasteiger partial charge is 0.381 e. The summed E-state index contributed by atoms with van der Waals surface area (Å²) in [5.74, 6) is 2.19. The first-order valence-corrected chi connectivity index (χ1v) is 7.47. The summed E-state index contributed by atoms with van der Waals surface area (Å²) in [6.45, 7) is 2.66. The number of imidazole rings is 1. The first kappa shape index (κ1) is 13.2. The number of aromatic nitrogens is 2. The minimum atomic E-state index is 0.571. The van der Waals surface area contributed by atoms with Crippen molar-refractivity contribution in [2.24, 2.45) is 5.92 Å². The van der Waals surface area contributed by atoms with Crippen LogP contribution in [0.1, 0.15) is 12.2 Å². The number of rotatable bonds is 4. The van der Waals surface area contributed by atoms with Gasteiger partial charge in [-0.25, -0.2) is 4.98 Å². The average Bonchev–Trinajstić information content (AvgIpc) is 2.99. The molecule has 0 aliphatic carbocycles. The van der Waals surface area contributed by atoms with E-state index in [2.05, 4.69) is 9.55 Å². The summed E-state index contributed by atoms with van der Waals surface area (Å²) >= 11 is 11.9. The third-order valence-electron chi connectivity index (χ3n) is 3.57. The SMILES string of the molecule is ClCCc1nc2cc(Cl)ccc2n1CC1CCOC1. The van der Waals surface area contributed by atoms with Gasteiger partial charge in [-0.3, -0.25) is 0 Å². The molecule has 1 saturated heterocycles. The number of alkyl halides is 1. The van der Waals surface area contributed by atoms with E-state index in [0.717, 1.165) is 54.5 Å². The lowest BCUT2D eigenvalue weighted by Gasteiger charge is -2.12. The predicted molar refractivity (Wildman–Crippen MR) is 78.1 cm³/mol. The van der Waals surface area contributed by atoms with E-state index in [1.807, 2.05) is 18.2 Å². The van der Waals surface area contributed by atoms with Gasteiger partial charge in [0.05, 0.1) is 17.6 Å². The molecule has 102 valence electrons. The van der Waals surface area contributed by atoms with Crippen LogP contribution in [0.15, 0.2) is 18.2 Å². The molecule has 0 bridgehead atoms. The lowest BCUT2D eigenvalue weighted by molar-refractivity contribution is 0.182. The normalized spacial score (nSPS) is 19.4. The highest BCUT2D eigenvalue weighted by atomic mass is 35.5. The topological polar surface area (TPSA) is 27.1 Å². The minimum Gasteiger partial charge on any atom is -0.381 e. The number of nitrogens with zero attached hydrogens (tertiary/aromatic N) is 2. The van der Waals surface area contributed by atoms with Crippen LogP contribution in [0.3, 0.4) is 0 Å². The Morgan fingerprint density at radius 2 is 2.32 bits per heavy atom. The van der Waals surface area contributed by atoms with Crippen molar-refractivity contribution in [1.29, 1.82) is 0 Å². The fourth-order valence-corrected chi connectivity index (χ4v) is 2.95. The van der Waals surface area contributed by atoms with E-state index in [1.165, 1.54) is 0 Å². The van der Waals surface area contributed by atoms with Crippen LogP contribution < -0.4 is 0 Å². The second-order valence-electron chi connectivity index (χ2n) is 4.94. The summed E-state index contributed by atoms with van der Waals surface area (Å²) < 4.78 is 7.73. The molecule has 19 heavy (non-hydrogen) atoms. The number of hydrogen-bond acceptors (Lipinski definition) is 2. The van der Waals surface area contributed by atoms with E-state index in [0.29, 0.717) is 11.8 Å². The molecule has 2 aromatic rings. The summed E-state index contributed by atoms with van der Waals surface area (Å²) in [6.07, 6.45) is 1.90. The minimum absolute atomic E-state index is 0.571. The Morgan fingerprint density at radius 3 is 3.05 bits per heavy atom. The summed E-state index contributed by atoms with van der Waals surface area (Å²) in [4.78, 5) is 4.66. The van der Waals surface area contributed by atoms with Gasteiger partial charge in [-0.05, 0) is 24.6 Å². The highest BCUT2D eigenvalue weighted by molar-refractivity contribution is 6.31. The van der Waals surface area contributed by atoms with Gasteiger partial charge in [-0.1, -0.05) is 11.6 Å². The van der Waals surface area contributed by atoms with Crippen molar-refractivity contribution >= 4 is 34.2 Å². The van der Waals surface area contributed by atoms with E-state index in [4.69, 9.17) is 27.9 Å². The zero-order valence-electron chi connectivity index (χ0n) is 10.6. The van der Waals surface area contributed by atoms with E-state index < -0.39 is 0 Å². The van der Waals surface area contributed by atoms with Gasteiger partial charge in [0.2, 0.25) is 0 Å². The quantitative estimate of drug-likeness (QED) is 0.808. The molecule has 0 saturated carbocycles. The van der Waals surface area contributed by atoms with Gasteiger partial charge >= 0.3 is 0 Å². The van der Waals surface area contributed by atoms with Crippen molar-refractivity contribution < 1.29 is 4.74 Å². The molecular formula is C14H16Cl2N2O. The zero-order chi connectivity index (χ0) is 13.2. The number of halogens is 2. The number of hydrogen-bond donors (Lipinski definition) is 0. The molecule has 5 heteroatoms. The van der Waals surface area contributed by atoms with Crippen molar-refractivity contribution in [3.05, 3.63) is 29.0 Å². The summed E-state index contributed by atoms with van der Waals surface area (Å²) in [5, 5.41) is 0.721. The fraction of sp³-hybridized carbons (Fsp3) is 0.500. The highest BCUT2D eigenvalue weighted by Crippen LogP contribution is 2.24. The van der Waals surface area contributed by atoms with Gasteiger partial charge in [0.1, 0.15) is 5.82 Å². The van der Waals surface area contributed by atoms with Crippen LogP contribution in [-0.2, 0) is 17.7 Å². The second kappa shape index (κ2) is 5.70. The van der Waals surface area contributed by atoms with Gasteiger partial charge in [-0.15, -0.1) is 11.6 Å². The highest BCUT2D eigenvalue weighted by Gasteiger charge is 2.19. The molecule has 1 aromatic heterocycles. The van der Waals surface area contributed by atoms with Crippen LogP contribution in [0.25, 0.3) is 11.0 Å². The zero-order valence-corrected chi connectivity index (χ0v) is 12.1. The van der Waals surface area contributed by atoms with E-state index in [9.17, 15) is 0 Å². The van der Waals surface area contributed by atoms with Crippen LogP contribution in [0.4, 0.5) is 0 Å². The molecule has 0 spiro atoms. The molecule has 1 aliphatic heterocycles. The Kier molecular flexibility index (Phi) is 3.96. The Labute approximate surface area is 122 Å². The number of ether oxygens (including phenoxy) is 1. The summed E-state index contributed by atoms with van der Waals surface area (Å²) in [5.41, 5.74) is 2.09. The summed E-state index contributed by atoms with van der Waals surface area (Å²) in [6, 6.07) is 5.87. The Bertz CT molecular complexity index is 576. The van der Waals surface area contributed by atoms with Crippen LogP contribution in [-0.4, -0.2) is 28.6 Å². The maximum absolute atomic E-state index is 6.03. The van der Waals surface area contributed by atoms with Gasteiger partial charge in [-0.2, -0.15) is 0 Å². The first-order valence-electron chi connectivity index (χ1n) is 6.56. The molecule has 1 aromatic carbocycles. The lowest BCUT2D eigenvalue weighted by Crippen LogP contribution is -2.13. The molecule has 1 fully saturated rings. The van der Waals surface area contributed by atoms with Crippen LogP contribution >= 0.6 is 23.2 Å². The van der Waals surface area contributed by atoms with Crippen LogP contribution in [0.2, 0.25) is 5.02 Å². The standard InChI is InChI=1S/C14H16Cl2N2O/c15-5-3-14-17-12-7-11(16)1-2-13(12)18(14)8-10-4-6-19-9-10/h1-2,7,10H,3-6,8-9H2. The number of fused-ring (bicyclic) bond motifs is 1. The third-order valence-corrected chi connectivity index (χ3v) is 4.00.